The molecule has 22 heavy (non-hydrogen) atoms. The van der Waals surface area contributed by atoms with E-state index in [0.29, 0.717) is 6.42 Å². The van der Waals surface area contributed by atoms with Gasteiger partial charge in [0, 0.05) is 29.6 Å². The van der Waals surface area contributed by atoms with Gasteiger partial charge in [0.15, 0.2) is 0 Å². The highest BCUT2D eigenvalue weighted by Crippen LogP contribution is 2.28. The molecule has 0 radical (unpaired) electrons. The molecule has 0 amide bonds. The fraction of sp³-hybridized carbons (Fsp3) is 0.176. The van der Waals surface area contributed by atoms with Crippen LogP contribution in [0.5, 0.6) is 5.75 Å². The monoisotopic (exact) mass is 311 g/mol. The summed E-state index contributed by atoms with van der Waals surface area (Å²) in [6.07, 6.45) is 2.45. The lowest BCUT2D eigenvalue weighted by Gasteiger charge is -2.14. The van der Waals surface area contributed by atoms with Crippen LogP contribution < -0.4 is 10.5 Å². The van der Waals surface area contributed by atoms with Crippen molar-refractivity contribution in [3.05, 3.63) is 64.6 Å². The number of para-hydroxylation sites is 1. The van der Waals surface area contributed by atoms with E-state index in [0.717, 1.165) is 27.7 Å². The van der Waals surface area contributed by atoms with Crippen molar-refractivity contribution < 1.29 is 4.74 Å². The standard InChI is InChI=1S/C17H17N3OS/c1-21-16-8-3-2-6-12(16)13(18)10-17-20-15(11-22-17)14-7-4-5-9-19-14/h2-9,11,13H,10,18H2,1H3. The van der Waals surface area contributed by atoms with Gasteiger partial charge in [-0.3, -0.25) is 4.98 Å². The Hall–Kier alpha value is -2.24. The lowest BCUT2D eigenvalue weighted by atomic mass is 10.0. The molecule has 0 bridgehead atoms. The number of benzene rings is 1. The quantitative estimate of drug-likeness (QED) is 0.784. The van der Waals surface area contributed by atoms with Gasteiger partial charge in [0.05, 0.1) is 23.5 Å². The smallest absolute Gasteiger partial charge is 0.123 e. The summed E-state index contributed by atoms with van der Waals surface area (Å²) in [6.45, 7) is 0. The van der Waals surface area contributed by atoms with Crippen molar-refractivity contribution in [2.24, 2.45) is 5.73 Å². The number of nitrogens with two attached hydrogens (primary N) is 1. The molecule has 5 heteroatoms. The van der Waals surface area contributed by atoms with Crippen LogP contribution in [0.25, 0.3) is 11.4 Å². The van der Waals surface area contributed by atoms with Crippen molar-refractivity contribution in [1.82, 2.24) is 9.97 Å². The Morgan fingerprint density at radius 1 is 1.14 bits per heavy atom. The second-order valence-electron chi connectivity index (χ2n) is 4.89. The Labute approximate surface area is 133 Å². The maximum Gasteiger partial charge on any atom is 0.123 e. The topological polar surface area (TPSA) is 61.0 Å². The summed E-state index contributed by atoms with van der Waals surface area (Å²) in [5.74, 6) is 0.816. The van der Waals surface area contributed by atoms with E-state index in [4.69, 9.17) is 10.5 Å². The summed E-state index contributed by atoms with van der Waals surface area (Å²) in [7, 11) is 1.66. The van der Waals surface area contributed by atoms with Gasteiger partial charge in [-0.1, -0.05) is 24.3 Å². The molecule has 2 N–H and O–H groups in total. The number of rotatable bonds is 5. The minimum Gasteiger partial charge on any atom is -0.496 e. The number of pyridine rings is 1. The molecule has 2 heterocycles. The van der Waals surface area contributed by atoms with E-state index < -0.39 is 0 Å². The van der Waals surface area contributed by atoms with E-state index in [1.807, 2.05) is 47.8 Å². The van der Waals surface area contributed by atoms with Crippen LogP contribution in [0.4, 0.5) is 0 Å². The third kappa shape index (κ3) is 3.16. The maximum absolute atomic E-state index is 6.32. The highest BCUT2D eigenvalue weighted by atomic mass is 32.1. The maximum atomic E-state index is 6.32. The number of hydrogen-bond donors (Lipinski definition) is 1. The van der Waals surface area contributed by atoms with E-state index in [1.165, 1.54) is 0 Å². The largest absolute Gasteiger partial charge is 0.496 e. The van der Waals surface area contributed by atoms with Crippen molar-refractivity contribution in [3.8, 4) is 17.1 Å². The Kier molecular flexibility index (Phi) is 4.46. The lowest BCUT2D eigenvalue weighted by Crippen LogP contribution is -2.14. The zero-order valence-electron chi connectivity index (χ0n) is 12.3. The third-order valence-corrected chi connectivity index (χ3v) is 4.28. The van der Waals surface area contributed by atoms with Crippen LogP contribution in [-0.4, -0.2) is 17.1 Å². The number of ether oxygens (including phenoxy) is 1. The molecule has 112 valence electrons. The first-order valence-corrected chi connectivity index (χ1v) is 7.90. The molecule has 3 rings (SSSR count). The molecule has 0 aliphatic rings. The van der Waals surface area contributed by atoms with Crippen LogP contribution in [0, 0.1) is 0 Å². The molecule has 1 atom stereocenters. The van der Waals surface area contributed by atoms with Crippen molar-refractivity contribution in [2.45, 2.75) is 12.5 Å². The molecule has 0 spiro atoms. The van der Waals surface area contributed by atoms with Crippen LogP contribution in [0.1, 0.15) is 16.6 Å². The van der Waals surface area contributed by atoms with E-state index in [2.05, 4.69) is 9.97 Å². The Balaban J connectivity index is 1.78. The van der Waals surface area contributed by atoms with E-state index >= 15 is 0 Å². The molecule has 0 fully saturated rings. The summed E-state index contributed by atoms with van der Waals surface area (Å²) < 4.78 is 5.37. The Morgan fingerprint density at radius 2 is 1.95 bits per heavy atom. The van der Waals surface area contributed by atoms with Gasteiger partial charge in [0.2, 0.25) is 0 Å². The van der Waals surface area contributed by atoms with Crippen LogP contribution >= 0.6 is 11.3 Å². The average molecular weight is 311 g/mol. The van der Waals surface area contributed by atoms with Crippen molar-refractivity contribution >= 4 is 11.3 Å². The van der Waals surface area contributed by atoms with E-state index in [-0.39, 0.29) is 6.04 Å². The fourth-order valence-electron chi connectivity index (χ4n) is 2.31. The molecule has 3 aromatic rings. The SMILES string of the molecule is COc1ccccc1C(N)Cc1nc(-c2ccccn2)cs1. The minimum atomic E-state index is -0.140. The summed E-state index contributed by atoms with van der Waals surface area (Å²) in [6, 6.07) is 13.5. The molecule has 2 aromatic heterocycles. The Bertz CT molecular complexity index is 742. The zero-order valence-corrected chi connectivity index (χ0v) is 13.1. The second-order valence-corrected chi connectivity index (χ2v) is 5.84. The minimum absolute atomic E-state index is 0.140. The lowest BCUT2D eigenvalue weighted by molar-refractivity contribution is 0.405. The van der Waals surface area contributed by atoms with Gasteiger partial charge in [0.1, 0.15) is 5.75 Å². The zero-order chi connectivity index (χ0) is 15.4. The van der Waals surface area contributed by atoms with Gasteiger partial charge >= 0.3 is 0 Å². The summed E-state index contributed by atoms with van der Waals surface area (Å²) in [5.41, 5.74) is 9.10. The molecular weight excluding hydrogens is 294 g/mol. The molecule has 0 saturated heterocycles. The third-order valence-electron chi connectivity index (χ3n) is 3.41. The van der Waals surface area contributed by atoms with Crippen LogP contribution in [0.15, 0.2) is 54.0 Å². The first-order chi connectivity index (χ1) is 10.8. The van der Waals surface area contributed by atoms with Crippen LogP contribution in [0.2, 0.25) is 0 Å². The van der Waals surface area contributed by atoms with Crippen molar-refractivity contribution in [3.63, 3.8) is 0 Å². The molecule has 0 aliphatic carbocycles. The van der Waals surface area contributed by atoms with Gasteiger partial charge in [0.25, 0.3) is 0 Å². The van der Waals surface area contributed by atoms with Gasteiger partial charge in [-0.15, -0.1) is 11.3 Å². The number of aromatic nitrogens is 2. The van der Waals surface area contributed by atoms with Crippen molar-refractivity contribution in [1.29, 1.82) is 0 Å². The summed E-state index contributed by atoms with van der Waals surface area (Å²) in [4.78, 5) is 8.96. The fourth-order valence-corrected chi connectivity index (χ4v) is 3.16. The van der Waals surface area contributed by atoms with Gasteiger partial charge in [-0.25, -0.2) is 4.98 Å². The average Bonchev–Trinajstić information content (AvgIpc) is 3.04. The van der Waals surface area contributed by atoms with Crippen LogP contribution in [-0.2, 0) is 6.42 Å². The first-order valence-electron chi connectivity index (χ1n) is 7.02. The first kappa shape index (κ1) is 14.7. The highest BCUT2D eigenvalue weighted by Gasteiger charge is 2.14. The second kappa shape index (κ2) is 6.68. The normalized spacial score (nSPS) is 12.1. The number of methoxy groups -OCH3 is 1. The highest BCUT2D eigenvalue weighted by molar-refractivity contribution is 7.09. The number of hydrogen-bond acceptors (Lipinski definition) is 5. The predicted molar refractivity (Wildman–Crippen MR) is 89.0 cm³/mol. The molecule has 1 aromatic carbocycles. The number of thiazole rings is 1. The van der Waals surface area contributed by atoms with Gasteiger partial charge in [-0.2, -0.15) is 0 Å². The van der Waals surface area contributed by atoms with Gasteiger partial charge in [-0.05, 0) is 18.2 Å². The summed E-state index contributed by atoms with van der Waals surface area (Å²) in [5, 5.41) is 3.02. The molecule has 0 aliphatic heterocycles. The predicted octanol–water partition coefficient (Wildman–Crippen LogP) is 3.46. The molecule has 0 saturated carbocycles. The Morgan fingerprint density at radius 3 is 2.73 bits per heavy atom. The van der Waals surface area contributed by atoms with Crippen molar-refractivity contribution in [2.75, 3.05) is 7.11 Å². The summed E-state index contributed by atoms with van der Waals surface area (Å²) >= 11 is 1.61. The number of nitrogens with zero attached hydrogens (tertiary/aromatic N) is 2. The van der Waals surface area contributed by atoms with E-state index in [1.54, 1.807) is 24.6 Å². The molecule has 4 nitrogen and oxygen atoms in total. The van der Waals surface area contributed by atoms with E-state index in [9.17, 15) is 0 Å². The molecule has 1 unspecified atom stereocenters. The molecular formula is C17H17N3OS. The van der Waals surface area contributed by atoms with Gasteiger partial charge < -0.3 is 10.5 Å². The van der Waals surface area contributed by atoms with Crippen LogP contribution in [0.3, 0.4) is 0 Å².